The number of nitrogens with zero attached hydrogens (tertiary/aromatic N) is 4. The maximum atomic E-state index is 5.36. The van der Waals surface area contributed by atoms with Crippen LogP contribution in [0.1, 0.15) is 30.0 Å². The van der Waals surface area contributed by atoms with Crippen LogP contribution in [0, 0.1) is 6.92 Å². The van der Waals surface area contributed by atoms with Gasteiger partial charge in [0.05, 0.1) is 20.3 Å². The lowest BCUT2D eigenvalue weighted by Crippen LogP contribution is -1.99. The largest absolute Gasteiger partial charge is 0.493 e. The number of thioether (sulfide) groups is 1. The second-order valence-corrected chi connectivity index (χ2v) is 6.00. The van der Waals surface area contributed by atoms with Crippen LogP contribution in [0.25, 0.3) is 0 Å². The minimum absolute atomic E-state index is 0.494. The van der Waals surface area contributed by atoms with Crippen LogP contribution in [-0.4, -0.2) is 34.4 Å². The van der Waals surface area contributed by atoms with E-state index >= 15 is 0 Å². The maximum absolute atomic E-state index is 5.36. The molecule has 0 aliphatic heterocycles. The Balaban J connectivity index is 1.76. The molecule has 0 unspecified atom stereocenters. The van der Waals surface area contributed by atoms with E-state index in [1.807, 2.05) is 16.8 Å². The molecule has 1 saturated carbocycles. The molecule has 0 amide bonds. The van der Waals surface area contributed by atoms with E-state index in [2.05, 4.69) is 22.4 Å². The predicted octanol–water partition coefficient (Wildman–Crippen LogP) is 2.63. The van der Waals surface area contributed by atoms with E-state index in [9.17, 15) is 0 Å². The third-order valence-electron chi connectivity index (χ3n) is 3.55. The molecular weight excluding hydrogens is 288 g/mol. The van der Waals surface area contributed by atoms with Gasteiger partial charge >= 0.3 is 0 Å². The first-order valence-electron chi connectivity index (χ1n) is 6.85. The Bertz CT molecular complexity index is 640. The normalized spacial score (nSPS) is 14.2. The summed E-state index contributed by atoms with van der Waals surface area (Å²) < 4.78 is 12.6. The van der Waals surface area contributed by atoms with Gasteiger partial charge in [-0.1, -0.05) is 11.8 Å². The first kappa shape index (κ1) is 14.2. The molecule has 112 valence electrons. The van der Waals surface area contributed by atoms with Crippen molar-refractivity contribution in [1.82, 2.24) is 20.2 Å². The number of hydrogen-bond acceptors (Lipinski definition) is 6. The fourth-order valence-electron chi connectivity index (χ4n) is 2.15. The van der Waals surface area contributed by atoms with Gasteiger partial charge in [0.2, 0.25) is 5.16 Å². The van der Waals surface area contributed by atoms with E-state index < -0.39 is 0 Å². The topological polar surface area (TPSA) is 62.1 Å². The molecule has 3 rings (SSSR count). The molecule has 0 bridgehead atoms. The summed E-state index contributed by atoms with van der Waals surface area (Å²) in [6.07, 6.45) is 2.35. The highest BCUT2D eigenvalue weighted by molar-refractivity contribution is 7.98. The zero-order valence-electron chi connectivity index (χ0n) is 12.4. The molecule has 0 spiro atoms. The Morgan fingerprint density at radius 2 is 1.95 bits per heavy atom. The van der Waals surface area contributed by atoms with Gasteiger partial charge in [-0.2, -0.15) is 0 Å². The lowest BCUT2D eigenvalue weighted by molar-refractivity contribution is 0.354. The quantitative estimate of drug-likeness (QED) is 0.765. The standard InChI is InChI=1S/C14H18N4O2S/c1-9-6-12(19-2)13(20-3)7-10(9)8-21-14-15-16-17-18(14)11-4-5-11/h6-7,11H,4-5,8H2,1-3H3. The molecule has 0 N–H and O–H groups in total. The Morgan fingerprint density at radius 1 is 1.24 bits per heavy atom. The van der Waals surface area contributed by atoms with Gasteiger partial charge in [0.1, 0.15) is 0 Å². The van der Waals surface area contributed by atoms with Gasteiger partial charge in [0.25, 0.3) is 0 Å². The second kappa shape index (κ2) is 5.93. The first-order valence-corrected chi connectivity index (χ1v) is 7.83. The number of methoxy groups -OCH3 is 2. The highest BCUT2D eigenvalue weighted by Gasteiger charge is 2.27. The molecule has 0 radical (unpaired) electrons. The van der Waals surface area contributed by atoms with Gasteiger partial charge in [-0.05, 0) is 53.5 Å². The zero-order valence-corrected chi connectivity index (χ0v) is 13.2. The smallest absolute Gasteiger partial charge is 0.209 e. The van der Waals surface area contributed by atoms with E-state index in [0.29, 0.717) is 6.04 Å². The molecule has 1 aromatic carbocycles. The van der Waals surface area contributed by atoms with Crippen molar-refractivity contribution in [1.29, 1.82) is 0 Å². The van der Waals surface area contributed by atoms with Crippen molar-refractivity contribution in [3.63, 3.8) is 0 Å². The van der Waals surface area contributed by atoms with Gasteiger partial charge in [-0.25, -0.2) is 4.68 Å². The van der Waals surface area contributed by atoms with Crippen LogP contribution in [0.15, 0.2) is 17.3 Å². The van der Waals surface area contributed by atoms with Crippen LogP contribution in [0.3, 0.4) is 0 Å². The molecule has 21 heavy (non-hydrogen) atoms. The summed E-state index contributed by atoms with van der Waals surface area (Å²) in [6.45, 7) is 2.07. The number of aromatic nitrogens is 4. The van der Waals surface area contributed by atoms with Crippen molar-refractivity contribution < 1.29 is 9.47 Å². The van der Waals surface area contributed by atoms with Crippen LogP contribution in [-0.2, 0) is 5.75 Å². The second-order valence-electron chi connectivity index (χ2n) is 5.06. The molecule has 1 aliphatic carbocycles. The average Bonchev–Trinajstić information content (AvgIpc) is 3.24. The molecule has 6 nitrogen and oxygen atoms in total. The molecule has 0 atom stereocenters. The van der Waals surface area contributed by atoms with Crippen molar-refractivity contribution in [3.05, 3.63) is 23.3 Å². The predicted molar refractivity (Wildman–Crippen MR) is 79.9 cm³/mol. The summed E-state index contributed by atoms with van der Waals surface area (Å²) in [6, 6.07) is 4.51. The Kier molecular flexibility index (Phi) is 4.01. The van der Waals surface area contributed by atoms with Crippen LogP contribution in [0.4, 0.5) is 0 Å². The summed E-state index contributed by atoms with van der Waals surface area (Å²) >= 11 is 1.65. The number of ether oxygens (including phenoxy) is 2. The van der Waals surface area contributed by atoms with Crippen LogP contribution >= 0.6 is 11.8 Å². The minimum Gasteiger partial charge on any atom is -0.493 e. The van der Waals surface area contributed by atoms with Crippen molar-refractivity contribution in [2.75, 3.05) is 14.2 Å². The summed E-state index contributed by atoms with van der Waals surface area (Å²) in [4.78, 5) is 0. The molecule has 1 heterocycles. The minimum atomic E-state index is 0.494. The molecule has 1 fully saturated rings. The lowest BCUT2D eigenvalue weighted by atomic mass is 10.1. The van der Waals surface area contributed by atoms with Crippen LogP contribution < -0.4 is 9.47 Å². The molecule has 7 heteroatoms. The lowest BCUT2D eigenvalue weighted by Gasteiger charge is -2.12. The van der Waals surface area contributed by atoms with Gasteiger partial charge < -0.3 is 9.47 Å². The molecule has 2 aromatic rings. The SMILES string of the molecule is COc1cc(C)c(CSc2nnnn2C2CC2)cc1OC. The molecule has 0 saturated heterocycles. The number of rotatable bonds is 6. The van der Waals surface area contributed by atoms with Crippen molar-refractivity contribution in [2.24, 2.45) is 0 Å². The van der Waals surface area contributed by atoms with Gasteiger partial charge in [-0.3, -0.25) is 0 Å². The fraction of sp³-hybridized carbons (Fsp3) is 0.500. The number of hydrogen-bond donors (Lipinski definition) is 0. The summed E-state index contributed by atoms with van der Waals surface area (Å²) in [7, 11) is 3.30. The van der Waals surface area contributed by atoms with E-state index in [1.165, 1.54) is 24.0 Å². The van der Waals surface area contributed by atoms with Gasteiger partial charge in [0, 0.05) is 5.75 Å². The first-order chi connectivity index (χ1) is 10.2. The fourth-order valence-corrected chi connectivity index (χ4v) is 3.16. The van der Waals surface area contributed by atoms with Crippen molar-refractivity contribution in [2.45, 2.75) is 36.7 Å². The summed E-state index contributed by atoms with van der Waals surface area (Å²) in [5.74, 6) is 2.31. The highest BCUT2D eigenvalue weighted by Crippen LogP contribution is 2.38. The zero-order chi connectivity index (χ0) is 14.8. The third-order valence-corrected chi connectivity index (χ3v) is 4.54. The van der Waals surface area contributed by atoms with Crippen LogP contribution in [0.2, 0.25) is 0 Å². The van der Waals surface area contributed by atoms with E-state index in [4.69, 9.17) is 9.47 Å². The Labute approximate surface area is 127 Å². The van der Waals surface area contributed by atoms with E-state index in [-0.39, 0.29) is 0 Å². The third kappa shape index (κ3) is 2.97. The van der Waals surface area contributed by atoms with Crippen molar-refractivity contribution in [3.8, 4) is 11.5 Å². The number of benzene rings is 1. The van der Waals surface area contributed by atoms with E-state index in [0.717, 1.165) is 22.4 Å². The highest BCUT2D eigenvalue weighted by atomic mass is 32.2. The summed E-state index contributed by atoms with van der Waals surface area (Å²) in [5.41, 5.74) is 2.37. The maximum Gasteiger partial charge on any atom is 0.209 e. The monoisotopic (exact) mass is 306 g/mol. The van der Waals surface area contributed by atoms with Gasteiger partial charge in [-0.15, -0.1) is 5.10 Å². The summed E-state index contributed by atoms with van der Waals surface area (Å²) in [5, 5.41) is 12.8. The Morgan fingerprint density at radius 3 is 2.62 bits per heavy atom. The Hall–Kier alpha value is -1.76. The number of tetrazole rings is 1. The van der Waals surface area contributed by atoms with E-state index in [1.54, 1.807) is 26.0 Å². The average molecular weight is 306 g/mol. The molecule has 1 aliphatic rings. The van der Waals surface area contributed by atoms with Crippen LogP contribution in [0.5, 0.6) is 11.5 Å². The molecule has 1 aromatic heterocycles. The van der Waals surface area contributed by atoms with Gasteiger partial charge in [0.15, 0.2) is 11.5 Å². The van der Waals surface area contributed by atoms with Crippen molar-refractivity contribution >= 4 is 11.8 Å². The number of aryl methyl sites for hydroxylation is 1. The molecular formula is C14H18N4O2S.